The minimum Gasteiger partial charge on any atom is -0.135 e. The average Bonchev–Trinajstić information content (AvgIpc) is 2.60. The molecule has 84 valence electrons. The van der Waals surface area contributed by atoms with Crippen LogP contribution in [0.4, 0.5) is 0 Å². The molecule has 0 fully saturated rings. The summed E-state index contributed by atoms with van der Waals surface area (Å²) in [5, 5.41) is 0. The Morgan fingerprint density at radius 3 is 1.75 bits per heavy atom. The van der Waals surface area contributed by atoms with Gasteiger partial charge in [-0.1, -0.05) is 43.0 Å². The molecular weight excluding hydrogens is 212 g/mol. The molecule has 0 saturated heterocycles. The second kappa shape index (κ2) is 6.29. The predicted octanol–water partition coefficient (Wildman–Crippen LogP) is 5.49. The highest BCUT2D eigenvalue weighted by Crippen LogP contribution is 2.33. The fraction of sp³-hybridized carbons (Fsp3) is 0.200. The molecule has 1 aromatic heterocycles. The molecule has 0 atom stereocenters. The molecule has 0 N–H and O–H groups in total. The van der Waals surface area contributed by atoms with Gasteiger partial charge in [0.1, 0.15) is 0 Å². The van der Waals surface area contributed by atoms with Crippen molar-refractivity contribution in [1.82, 2.24) is 0 Å². The van der Waals surface area contributed by atoms with E-state index in [1.807, 2.05) is 26.8 Å². The van der Waals surface area contributed by atoms with Crippen molar-refractivity contribution in [3.8, 4) is 0 Å². The van der Waals surface area contributed by atoms with Crippen LogP contribution < -0.4 is 0 Å². The standard InChI is InChI=1S/C15H18S/c1-5-9-12-13(10-6-2)15(11-7-3)16-14(12)8-4/h5-11H,4H2,1-3H3/b9-5-,10-6-,11-7-. The van der Waals surface area contributed by atoms with Crippen LogP contribution >= 0.6 is 11.3 Å². The van der Waals surface area contributed by atoms with Gasteiger partial charge in [-0.05, 0) is 38.0 Å². The Labute approximate surface area is 102 Å². The van der Waals surface area contributed by atoms with Crippen LogP contribution in [-0.4, -0.2) is 0 Å². The maximum atomic E-state index is 3.88. The lowest BCUT2D eigenvalue weighted by Crippen LogP contribution is -1.77. The third kappa shape index (κ3) is 2.61. The summed E-state index contributed by atoms with van der Waals surface area (Å²) < 4.78 is 0. The summed E-state index contributed by atoms with van der Waals surface area (Å²) in [6, 6.07) is 0. The highest BCUT2D eigenvalue weighted by Gasteiger charge is 2.09. The number of allylic oxidation sites excluding steroid dienone is 3. The highest BCUT2D eigenvalue weighted by atomic mass is 32.1. The topological polar surface area (TPSA) is 0 Å². The summed E-state index contributed by atoms with van der Waals surface area (Å²) >= 11 is 1.78. The Balaban J connectivity index is 3.46. The molecule has 0 amide bonds. The third-order valence-corrected chi connectivity index (χ3v) is 3.39. The lowest BCUT2D eigenvalue weighted by molar-refractivity contribution is 1.67. The van der Waals surface area contributed by atoms with Crippen molar-refractivity contribution >= 4 is 35.6 Å². The Hall–Kier alpha value is -1.34. The Morgan fingerprint density at radius 2 is 1.31 bits per heavy atom. The molecule has 0 nitrogen and oxygen atoms in total. The average molecular weight is 230 g/mol. The minimum absolute atomic E-state index is 1.24. The molecule has 0 unspecified atom stereocenters. The smallest absolute Gasteiger partial charge is 0.0351 e. The van der Waals surface area contributed by atoms with E-state index in [4.69, 9.17) is 0 Å². The first-order valence-corrected chi connectivity index (χ1v) is 6.27. The van der Waals surface area contributed by atoms with Crippen molar-refractivity contribution < 1.29 is 0 Å². The minimum atomic E-state index is 1.24. The first-order valence-electron chi connectivity index (χ1n) is 5.45. The molecule has 16 heavy (non-hydrogen) atoms. The van der Waals surface area contributed by atoms with Crippen LogP contribution in [0.3, 0.4) is 0 Å². The molecule has 0 aliphatic rings. The number of thiophene rings is 1. The maximum Gasteiger partial charge on any atom is 0.0351 e. The largest absolute Gasteiger partial charge is 0.135 e. The van der Waals surface area contributed by atoms with Crippen molar-refractivity contribution in [2.75, 3.05) is 0 Å². The maximum absolute atomic E-state index is 3.88. The van der Waals surface area contributed by atoms with Crippen molar-refractivity contribution in [2.24, 2.45) is 0 Å². The molecule has 0 aliphatic heterocycles. The van der Waals surface area contributed by atoms with Gasteiger partial charge in [0, 0.05) is 9.75 Å². The Morgan fingerprint density at radius 1 is 0.812 bits per heavy atom. The first-order chi connectivity index (χ1) is 7.78. The van der Waals surface area contributed by atoms with E-state index in [-0.39, 0.29) is 0 Å². The molecule has 0 bridgehead atoms. The van der Waals surface area contributed by atoms with Crippen LogP contribution in [0.25, 0.3) is 24.3 Å². The third-order valence-electron chi connectivity index (χ3n) is 2.21. The van der Waals surface area contributed by atoms with E-state index in [0.29, 0.717) is 0 Å². The van der Waals surface area contributed by atoms with Gasteiger partial charge in [-0.3, -0.25) is 0 Å². The van der Waals surface area contributed by atoms with Gasteiger partial charge in [-0.2, -0.15) is 0 Å². The number of hydrogen-bond acceptors (Lipinski definition) is 1. The van der Waals surface area contributed by atoms with Crippen molar-refractivity contribution in [3.63, 3.8) is 0 Å². The number of hydrogen-bond donors (Lipinski definition) is 0. The summed E-state index contributed by atoms with van der Waals surface area (Å²) in [4.78, 5) is 2.53. The van der Waals surface area contributed by atoms with E-state index >= 15 is 0 Å². The molecule has 1 rings (SSSR count). The Kier molecular flexibility index (Phi) is 5.00. The molecule has 1 heteroatoms. The van der Waals surface area contributed by atoms with E-state index in [1.54, 1.807) is 11.3 Å². The van der Waals surface area contributed by atoms with E-state index in [0.717, 1.165) is 0 Å². The second-order valence-corrected chi connectivity index (χ2v) is 4.45. The van der Waals surface area contributed by atoms with E-state index in [9.17, 15) is 0 Å². The molecule has 0 spiro atoms. The van der Waals surface area contributed by atoms with Gasteiger partial charge >= 0.3 is 0 Å². The van der Waals surface area contributed by atoms with Crippen LogP contribution in [0.1, 0.15) is 41.7 Å². The zero-order valence-electron chi connectivity index (χ0n) is 10.2. The van der Waals surface area contributed by atoms with Gasteiger partial charge in [0.25, 0.3) is 0 Å². The van der Waals surface area contributed by atoms with Crippen LogP contribution in [-0.2, 0) is 0 Å². The van der Waals surface area contributed by atoms with Crippen molar-refractivity contribution in [1.29, 1.82) is 0 Å². The van der Waals surface area contributed by atoms with E-state index in [2.05, 4.69) is 43.0 Å². The second-order valence-electron chi connectivity index (χ2n) is 3.36. The lowest BCUT2D eigenvalue weighted by Gasteiger charge is -1.96. The van der Waals surface area contributed by atoms with Gasteiger partial charge in [0.05, 0.1) is 0 Å². The molecule has 1 aromatic rings. The molecule has 0 aliphatic carbocycles. The quantitative estimate of drug-likeness (QED) is 0.641. The van der Waals surface area contributed by atoms with E-state index in [1.165, 1.54) is 20.9 Å². The highest BCUT2D eigenvalue weighted by molar-refractivity contribution is 7.14. The Bertz CT molecular complexity index is 442. The number of rotatable bonds is 4. The first kappa shape index (κ1) is 12.7. The van der Waals surface area contributed by atoms with Crippen LogP contribution in [0.2, 0.25) is 0 Å². The normalized spacial score (nSPS) is 12.2. The van der Waals surface area contributed by atoms with E-state index < -0.39 is 0 Å². The summed E-state index contributed by atoms with van der Waals surface area (Å²) in [6.07, 6.45) is 14.6. The summed E-state index contributed by atoms with van der Waals surface area (Å²) in [5.74, 6) is 0. The zero-order valence-corrected chi connectivity index (χ0v) is 11.0. The van der Waals surface area contributed by atoms with Gasteiger partial charge in [0.2, 0.25) is 0 Å². The summed E-state index contributed by atoms with van der Waals surface area (Å²) in [6.45, 7) is 10.0. The molecule has 0 radical (unpaired) electrons. The summed E-state index contributed by atoms with van der Waals surface area (Å²) in [5.41, 5.74) is 2.56. The summed E-state index contributed by atoms with van der Waals surface area (Å²) in [7, 11) is 0. The molecular formula is C15H18S. The van der Waals surface area contributed by atoms with Gasteiger partial charge in [-0.15, -0.1) is 11.3 Å². The van der Waals surface area contributed by atoms with Crippen molar-refractivity contribution in [3.05, 3.63) is 45.7 Å². The van der Waals surface area contributed by atoms with Crippen LogP contribution in [0, 0.1) is 0 Å². The van der Waals surface area contributed by atoms with Gasteiger partial charge in [0.15, 0.2) is 0 Å². The lowest BCUT2D eigenvalue weighted by atomic mass is 10.1. The predicted molar refractivity (Wildman–Crippen MR) is 78.5 cm³/mol. The fourth-order valence-electron chi connectivity index (χ4n) is 1.60. The fourth-order valence-corrected chi connectivity index (χ4v) is 2.70. The van der Waals surface area contributed by atoms with Crippen LogP contribution in [0.5, 0.6) is 0 Å². The SMILES string of the molecule is C=Cc1sc(/C=C\C)c(/C=C\C)c1/C=C\C. The van der Waals surface area contributed by atoms with Crippen LogP contribution in [0.15, 0.2) is 24.8 Å². The monoisotopic (exact) mass is 230 g/mol. The van der Waals surface area contributed by atoms with Crippen molar-refractivity contribution in [2.45, 2.75) is 20.8 Å². The molecule has 0 saturated carbocycles. The van der Waals surface area contributed by atoms with Gasteiger partial charge in [-0.25, -0.2) is 0 Å². The zero-order chi connectivity index (χ0) is 12.0. The van der Waals surface area contributed by atoms with Gasteiger partial charge < -0.3 is 0 Å². The molecule has 1 heterocycles. The molecule has 0 aromatic carbocycles.